The lowest BCUT2D eigenvalue weighted by atomic mass is 9.78. The van der Waals surface area contributed by atoms with Crippen molar-refractivity contribution in [2.45, 2.75) is 37.6 Å². The number of thiophene rings is 1. The van der Waals surface area contributed by atoms with E-state index in [9.17, 15) is 9.59 Å². The van der Waals surface area contributed by atoms with Gasteiger partial charge in [0.05, 0.1) is 7.11 Å². The van der Waals surface area contributed by atoms with E-state index in [0.29, 0.717) is 12.8 Å². The molecule has 0 bridgehead atoms. The van der Waals surface area contributed by atoms with Crippen molar-refractivity contribution in [3.05, 3.63) is 58.3 Å². The molecule has 0 N–H and O–H groups in total. The van der Waals surface area contributed by atoms with Crippen LogP contribution in [-0.4, -0.2) is 30.1 Å². The van der Waals surface area contributed by atoms with Gasteiger partial charge in [0.15, 0.2) is 5.54 Å². The van der Waals surface area contributed by atoms with Gasteiger partial charge in [-0.25, -0.2) is 4.79 Å². The number of ether oxygens (including phenoxy) is 1. The molecular formula is C20H21NO3S. The minimum Gasteiger partial charge on any atom is -0.467 e. The summed E-state index contributed by atoms with van der Waals surface area (Å²) in [6.07, 6.45) is 1.53. The number of hydrogen-bond acceptors (Lipinski definition) is 5. The predicted molar refractivity (Wildman–Crippen MR) is 99.3 cm³/mol. The van der Waals surface area contributed by atoms with Crippen LogP contribution in [0.25, 0.3) is 0 Å². The van der Waals surface area contributed by atoms with Crippen molar-refractivity contribution in [3.8, 4) is 0 Å². The molecule has 130 valence electrons. The number of methoxy groups -OCH3 is 1. The fourth-order valence-corrected chi connectivity index (χ4v) is 4.42. The van der Waals surface area contributed by atoms with Crippen LogP contribution in [0.3, 0.4) is 0 Å². The highest BCUT2D eigenvalue weighted by atomic mass is 32.1. The minimum absolute atomic E-state index is 0.0463. The minimum atomic E-state index is -1.03. The van der Waals surface area contributed by atoms with E-state index >= 15 is 0 Å². The van der Waals surface area contributed by atoms with Crippen LogP contribution in [0.4, 0.5) is 0 Å². The zero-order valence-corrected chi connectivity index (χ0v) is 15.2. The highest BCUT2D eigenvalue weighted by Crippen LogP contribution is 2.45. The van der Waals surface area contributed by atoms with Crippen LogP contribution in [0.1, 0.15) is 42.5 Å². The summed E-state index contributed by atoms with van der Waals surface area (Å²) in [6.45, 7) is 1.56. The van der Waals surface area contributed by atoms with Crippen LogP contribution in [0.15, 0.2) is 52.8 Å². The molecule has 1 aliphatic rings. The van der Waals surface area contributed by atoms with Gasteiger partial charge < -0.3 is 9.53 Å². The number of hydrogen-bond donors (Lipinski definition) is 0. The first-order valence-corrected chi connectivity index (χ1v) is 9.20. The summed E-state index contributed by atoms with van der Waals surface area (Å²) in [5.74, 6) is -0.609. The summed E-state index contributed by atoms with van der Waals surface area (Å²) < 4.78 is 5.13. The highest BCUT2D eigenvalue weighted by molar-refractivity contribution is 7.10. The number of nitrogens with zero attached hydrogens (tertiary/aromatic N) is 1. The van der Waals surface area contributed by atoms with E-state index in [2.05, 4.69) is 0 Å². The Hall–Kier alpha value is -2.27. The lowest BCUT2D eigenvalue weighted by Gasteiger charge is -2.31. The van der Waals surface area contributed by atoms with E-state index in [4.69, 9.17) is 9.73 Å². The number of esters is 1. The zero-order chi connectivity index (χ0) is 17.9. The summed E-state index contributed by atoms with van der Waals surface area (Å²) in [5, 5.41) is 1.96. The van der Waals surface area contributed by atoms with Gasteiger partial charge in [0.2, 0.25) is 0 Å². The Balaban J connectivity index is 2.08. The van der Waals surface area contributed by atoms with Gasteiger partial charge in [-0.05, 0) is 36.8 Å². The number of rotatable bonds is 6. The van der Waals surface area contributed by atoms with Crippen LogP contribution < -0.4 is 0 Å². The predicted octanol–water partition coefficient (Wildman–Crippen LogP) is 4.01. The molecule has 2 aromatic rings. The molecular weight excluding hydrogens is 334 g/mol. The summed E-state index contributed by atoms with van der Waals surface area (Å²) in [6, 6.07) is 13.8. The molecule has 0 spiro atoms. The first-order valence-electron chi connectivity index (χ1n) is 8.32. The van der Waals surface area contributed by atoms with E-state index in [1.54, 1.807) is 18.3 Å². The number of ketones is 1. The standard InChI is InChI=1S/C20H21NO3S/c1-14(22)13-16(18-9-6-12-25-18)20(19(23)24-2)11-10-17(21-20)15-7-4-3-5-8-15/h3-9,12,16H,10-11,13H2,1-2H3/t16-,20+/m1/s1. The lowest BCUT2D eigenvalue weighted by molar-refractivity contribution is -0.148. The molecule has 0 fully saturated rings. The molecule has 25 heavy (non-hydrogen) atoms. The summed E-state index contributed by atoms with van der Waals surface area (Å²) in [4.78, 5) is 30.6. The van der Waals surface area contributed by atoms with E-state index in [1.807, 2.05) is 47.8 Å². The summed E-state index contributed by atoms with van der Waals surface area (Å²) in [7, 11) is 1.39. The second-order valence-corrected chi connectivity index (χ2v) is 7.29. The molecule has 0 aliphatic carbocycles. The first-order chi connectivity index (χ1) is 12.1. The Morgan fingerprint density at radius 2 is 2.00 bits per heavy atom. The first kappa shape index (κ1) is 17.5. The molecule has 1 aromatic carbocycles. The normalized spacial score (nSPS) is 20.8. The number of benzene rings is 1. The van der Waals surface area contributed by atoms with Crippen molar-refractivity contribution in [2.24, 2.45) is 4.99 Å². The number of carbonyl (C=O) groups is 2. The van der Waals surface area contributed by atoms with E-state index in [1.165, 1.54) is 7.11 Å². The number of Topliss-reactive ketones (excluding diaryl/α,β-unsaturated/α-hetero) is 1. The maximum atomic E-state index is 12.8. The van der Waals surface area contributed by atoms with Crippen LogP contribution in [-0.2, 0) is 14.3 Å². The Morgan fingerprint density at radius 3 is 2.60 bits per heavy atom. The SMILES string of the molecule is COC(=O)[C@@]1([C@H](CC(C)=O)c2cccs2)CCC(c2ccccc2)=N1. The van der Waals surface area contributed by atoms with Gasteiger partial charge in [-0.2, -0.15) is 0 Å². The van der Waals surface area contributed by atoms with Crippen molar-refractivity contribution < 1.29 is 14.3 Å². The summed E-state index contributed by atoms with van der Waals surface area (Å²) in [5.41, 5.74) is 0.883. The molecule has 2 heterocycles. The Morgan fingerprint density at radius 1 is 1.24 bits per heavy atom. The van der Waals surface area contributed by atoms with Gasteiger partial charge in [0.25, 0.3) is 0 Å². The van der Waals surface area contributed by atoms with Gasteiger partial charge >= 0.3 is 5.97 Å². The molecule has 0 saturated heterocycles. The smallest absolute Gasteiger partial charge is 0.334 e. The van der Waals surface area contributed by atoms with Crippen LogP contribution >= 0.6 is 11.3 Å². The molecule has 1 aliphatic heterocycles. The van der Waals surface area contributed by atoms with Crippen molar-refractivity contribution >= 4 is 28.8 Å². The molecule has 0 unspecified atom stereocenters. The Kier molecular flexibility index (Phi) is 5.13. The molecule has 4 nitrogen and oxygen atoms in total. The van der Waals surface area contributed by atoms with Crippen molar-refractivity contribution in [2.75, 3.05) is 7.11 Å². The molecule has 3 rings (SSSR count). The zero-order valence-electron chi connectivity index (χ0n) is 14.4. The van der Waals surface area contributed by atoms with Crippen LogP contribution in [0.2, 0.25) is 0 Å². The molecule has 0 radical (unpaired) electrons. The molecule has 1 aromatic heterocycles. The molecule has 0 amide bonds. The van der Waals surface area contributed by atoms with Gasteiger partial charge in [0.1, 0.15) is 5.78 Å². The molecule has 5 heteroatoms. The van der Waals surface area contributed by atoms with Gasteiger partial charge in [-0.15, -0.1) is 11.3 Å². The molecule has 0 saturated carbocycles. The quantitative estimate of drug-likeness (QED) is 0.736. The number of carbonyl (C=O) groups excluding carboxylic acids is 2. The Labute approximate surface area is 151 Å². The van der Waals surface area contributed by atoms with Crippen LogP contribution in [0, 0.1) is 0 Å². The largest absolute Gasteiger partial charge is 0.467 e. The fraction of sp³-hybridized carbons (Fsp3) is 0.350. The topological polar surface area (TPSA) is 55.7 Å². The van der Waals surface area contributed by atoms with Gasteiger partial charge in [-0.3, -0.25) is 4.99 Å². The lowest BCUT2D eigenvalue weighted by Crippen LogP contribution is -2.42. The Bertz CT molecular complexity index is 783. The van der Waals surface area contributed by atoms with E-state index in [0.717, 1.165) is 16.2 Å². The third-order valence-corrected chi connectivity index (χ3v) is 5.66. The maximum Gasteiger partial charge on any atom is 0.334 e. The monoisotopic (exact) mass is 355 g/mol. The second kappa shape index (κ2) is 7.31. The second-order valence-electron chi connectivity index (χ2n) is 6.31. The third kappa shape index (κ3) is 3.42. The average molecular weight is 355 g/mol. The van der Waals surface area contributed by atoms with Crippen molar-refractivity contribution in [3.63, 3.8) is 0 Å². The maximum absolute atomic E-state index is 12.8. The third-order valence-electron chi connectivity index (χ3n) is 4.68. The van der Waals surface area contributed by atoms with Gasteiger partial charge in [-0.1, -0.05) is 36.4 Å². The van der Waals surface area contributed by atoms with Crippen molar-refractivity contribution in [1.82, 2.24) is 0 Å². The number of aliphatic imine (C=N–C) groups is 1. The van der Waals surface area contributed by atoms with Crippen LogP contribution in [0.5, 0.6) is 0 Å². The average Bonchev–Trinajstić information content (AvgIpc) is 3.30. The van der Waals surface area contributed by atoms with E-state index < -0.39 is 5.54 Å². The van der Waals surface area contributed by atoms with Gasteiger partial charge in [0, 0.05) is 22.9 Å². The highest BCUT2D eigenvalue weighted by Gasteiger charge is 2.51. The summed E-state index contributed by atoms with van der Waals surface area (Å²) >= 11 is 1.55. The van der Waals surface area contributed by atoms with E-state index in [-0.39, 0.29) is 24.1 Å². The fourth-order valence-electron chi connectivity index (χ4n) is 3.50. The molecule has 2 atom stereocenters. The van der Waals surface area contributed by atoms with Crippen molar-refractivity contribution in [1.29, 1.82) is 0 Å².